The first-order chi connectivity index (χ1) is 11.1. The first-order valence-electron chi connectivity index (χ1n) is 9.10. The maximum Gasteiger partial charge on any atom is 0.330 e. The van der Waals surface area contributed by atoms with Crippen molar-refractivity contribution >= 4 is 11.8 Å². The third-order valence-corrected chi connectivity index (χ3v) is 7.09. The molecule has 0 amide bonds. The van der Waals surface area contributed by atoms with E-state index in [1.165, 1.54) is 25.5 Å². The lowest BCUT2D eigenvalue weighted by atomic mass is 9.47. The second kappa shape index (κ2) is 6.85. The van der Waals surface area contributed by atoms with Gasteiger partial charge in [0.05, 0.1) is 7.11 Å². The molecule has 4 atom stereocenters. The minimum atomic E-state index is -0.286. The van der Waals surface area contributed by atoms with Crippen molar-refractivity contribution in [2.75, 3.05) is 7.11 Å². The number of hydrogen-bond acceptors (Lipinski definition) is 3. The van der Waals surface area contributed by atoms with Crippen LogP contribution in [0.25, 0.3) is 0 Å². The Balaban J connectivity index is 2.25. The summed E-state index contributed by atoms with van der Waals surface area (Å²) in [4.78, 5) is 23.7. The molecule has 134 valence electrons. The Kier molecular flexibility index (Phi) is 5.41. The Morgan fingerprint density at radius 2 is 2.08 bits per heavy atom. The van der Waals surface area contributed by atoms with Crippen molar-refractivity contribution < 1.29 is 14.3 Å². The first kappa shape index (κ1) is 19.0. The van der Waals surface area contributed by atoms with E-state index in [0.29, 0.717) is 18.3 Å². The molecular formula is C21H32O3. The molecule has 2 aliphatic rings. The third kappa shape index (κ3) is 3.36. The molecule has 0 unspecified atom stereocenters. The van der Waals surface area contributed by atoms with Gasteiger partial charge >= 0.3 is 5.97 Å². The van der Waals surface area contributed by atoms with Crippen LogP contribution in [0.3, 0.4) is 0 Å². The molecule has 3 nitrogen and oxygen atoms in total. The van der Waals surface area contributed by atoms with Gasteiger partial charge in [-0.1, -0.05) is 31.9 Å². The van der Waals surface area contributed by atoms with Crippen molar-refractivity contribution in [1.82, 2.24) is 0 Å². The molecule has 0 N–H and O–H groups in total. The van der Waals surface area contributed by atoms with E-state index in [-0.39, 0.29) is 22.6 Å². The number of fused-ring (bicyclic) bond motifs is 1. The molecule has 0 aromatic rings. The second-order valence-corrected chi connectivity index (χ2v) is 8.43. The molecule has 0 spiro atoms. The molecule has 0 aromatic carbocycles. The topological polar surface area (TPSA) is 43.4 Å². The van der Waals surface area contributed by atoms with Gasteiger partial charge in [-0.2, -0.15) is 0 Å². The molecule has 0 radical (unpaired) electrons. The average Bonchev–Trinajstić information content (AvgIpc) is 2.52. The molecule has 0 aliphatic heterocycles. The van der Waals surface area contributed by atoms with Crippen LogP contribution in [-0.2, 0) is 14.3 Å². The summed E-state index contributed by atoms with van der Waals surface area (Å²) >= 11 is 0. The fraction of sp³-hybridized carbons (Fsp3) is 0.714. The standard InChI is InChI=1S/C21H32O3/c1-14(11-19(23)24-6)7-9-20(4)15(2)8-10-21(5)16(3)12-17(22)13-18(20)21/h11-12,15,18H,7-10,13H2,1-6H3/b14-11+/t15-,18+,20-,21+/m0/s1. The second-order valence-electron chi connectivity index (χ2n) is 8.43. The molecule has 2 aliphatic carbocycles. The van der Waals surface area contributed by atoms with Gasteiger partial charge in [-0.3, -0.25) is 4.79 Å². The van der Waals surface area contributed by atoms with Gasteiger partial charge < -0.3 is 4.74 Å². The summed E-state index contributed by atoms with van der Waals surface area (Å²) in [5.41, 5.74) is 2.55. The maximum atomic E-state index is 12.2. The molecule has 2 rings (SSSR count). The van der Waals surface area contributed by atoms with Crippen LogP contribution in [0.5, 0.6) is 0 Å². The predicted molar refractivity (Wildman–Crippen MR) is 96.5 cm³/mol. The first-order valence-corrected chi connectivity index (χ1v) is 9.10. The number of carbonyl (C=O) groups excluding carboxylic acids is 2. The van der Waals surface area contributed by atoms with E-state index in [2.05, 4.69) is 27.7 Å². The summed E-state index contributed by atoms with van der Waals surface area (Å²) in [7, 11) is 1.41. The van der Waals surface area contributed by atoms with Gasteiger partial charge in [-0.15, -0.1) is 0 Å². The lowest BCUT2D eigenvalue weighted by Gasteiger charge is -2.57. The van der Waals surface area contributed by atoms with Gasteiger partial charge in [0, 0.05) is 12.5 Å². The molecule has 1 fully saturated rings. The van der Waals surface area contributed by atoms with Crippen LogP contribution in [0.1, 0.15) is 66.7 Å². The van der Waals surface area contributed by atoms with E-state index >= 15 is 0 Å². The molecule has 0 bridgehead atoms. The number of carbonyl (C=O) groups is 2. The van der Waals surface area contributed by atoms with E-state index in [0.717, 1.165) is 18.4 Å². The van der Waals surface area contributed by atoms with Crippen molar-refractivity contribution in [2.24, 2.45) is 22.7 Å². The van der Waals surface area contributed by atoms with Crippen molar-refractivity contribution in [1.29, 1.82) is 0 Å². The smallest absolute Gasteiger partial charge is 0.330 e. The zero-order chi connectivity index (χ0) is 18.1. The average molecular weight is 332 g/mol. The highest BCUT2D eigenvalue weighted by molar-refractivity contribution is 5.92. The van der Waals surface area contributed by atoms with Gasteiger partial charge in [0.15, 0.2) is 5.78 Å². The Bertz CT molecular complexity index is 586. The van der Waals surface area contributed by atoms with Crippen LogP contribution in [0, 0.1) is 22.7 Å². The van der Waals surface area contributed by atoms with E-state index in [9.17, 15) is 9.59 Å². The summed E-state index contributed by atoms with van der Waals surface area (Å²) < 4.78 is 4.72. The van der Waals surface area contributed by atoms with Crippen LogP contribution in [0.15, 0.2) is 23.3 Å². The van der Waals surface area contributed by atoms with E-state index < -0.39 is 0 Å². The molecule has 3 heteroatoms. The normalized spacial score (nSPS) is 36.8. The van der Waals surface area contributed by atoms with Gasteiger partial charge in [0.2, 0.25) is 0 Å². The number of esters is 1. The van der Waals surface area contributed by atoms with Crippen LogP contribution in [0.2, 0.25) is 0 Å². The van der Waals surface area contributed by atoms with Crippen molar-refractivity contribution in [3.63, 3.8) is 0 Å². The van der Waals surface area contributed by atoms with Crippen molar-refractivity contribution in [3.8, 4) is 0 Å². The molecule has 0 heterocycles. The van der Waals surface area contributed by atoms with Crippen LogP contribution in [0.4, 0.5) is 0 Å². The largest absolute Gasteiger partial charge is 0.466 e. The van der Waals surface area contributed by atoms with Gasteiger partial charge in [-0.05, 0) is 68.3 Å². The number of ether oxygens (including phenoxy) is 1. The number of ketones is 1. The van der Waals surface area contributed by atoms with Gasteiger partial charge in [0.25, 0.3) is 0 Å². The third-order valence-electron chi connectivity index (χ3n) is 7.09. The predicted octanol–water partition coefficient (Wildman–Crippen LogP) is 4.86. The molecule has 0 aromatic heterocycles. The van der Waals surface area contributed by atoms with Crippen LogP contribution < -0.4 is 0 Å². The molecule has 0 saturated heterocycles. The van der Waals surface area contributed by atoms with E-state index in [4.69, 9.17) is 4.74 Å². The lowest BCUT2D eigenvalue weighted by Crippen LogP contribution is -2.50. The van der Waals surface area contributed by atoms with Crippen molar-refractivity contribution in [2.45, 2.75) is 66.7 Å². The Morgan fingerprint density at radius 1 is 1.42 bits per heavy atom. The number of allylic oxidation sites excluding steroid dienone is 3. The highest BCUT2D eigenvalue weighted by atomic mass is 16.5. The summed E-state index contributed by atoms with van der Waals surface area (Å²) in [6, 6.07) is 0. The quantitative estimate of drug-likeness (QED) is 0.545. The summed E-state index contributed by atoms with van der Waals surface area (Å²) in [6.45, 7) is 11.2. The Labute approximate surface area is 146 Å². The number of rotatable bonds is 4. The maximum absolute atomic E-state index is 12.2. The fourth-order valence-corrected chi connectivity index (χ4v) is 4.91. The van der Waals surface area contributed by atoms with Crippen molar-refractivity contribution in [3.05, 3.63) is 23.3 Å². The van der Waals surface area contributed by atoms with Crippen LogP contribution in [-0.4, -0.2) is 18.9 Å². The minimum Gasteiger partial charge on any atom is -0.466 e. The lowest BCUT2D eigenvalue weighted by molar-refractivity contribution is -0.134. The van der Waals surface area contributed by atoms with E-state index in [1.807, 2.05) is 13.0 Å². The fourth-order valence-electron chi connectivity index (χ4n) is 4.91. The Morgan fingerprint density at radius 3 is 2.71 bits per heavy atom. The highest BCUT2D eigenvalue weighted by Crippen LogP contribution is 2.61. The molecule has 24 heavy (non-hydrogen) atoms. The molecule has 1 saturated carbocycles. The van der Waals surface area contributed by atoms with Gasteiger partial charge in [0.1, 0.15) is 0 Å². The SMILES string of the molecule is COC(=O)/C=C(\C)CC[C@]1(C)[C@H]2CC(=O)C=C(C)[C@@]2(C)CC[C@@H]1C. The van der Waals surface area contributed by atoms with Crippen LogP contribution >= 0.6 is 0 Å². The van der Waals surface area contributed by atoms with E-state index in [1.54, 1.807) is 6.08 Å². The molecular weight excluding hydrogens is 300 g/mol. The zero-order valence-electron chi connectivity index (χ0n) is 16.1. The zero-order valence-corrected chi connectivity index (χ0v) is 16.1. The van der Waals surface area contributed by atoms with Gasteiger partial charge in [-0.25, -0.2) is 4.79 Å². The monoisotopic (exact) mass is 332 g/mol. The number of methoxy groups -OCH3 is 1. The number of hydrogen-bond donors (Lipinski definition) is 0. The highest BCUT2D eigenvalue weighted by Gasteiger charge is 2.54. The summed E-state index contributed by atoms with van der Waals surface area (Å²) in [5.74, 6) is 0.959. The summed E-state index contributed by atoms with van der Waals surface area (Å²) in [6.07, 6.45) is 8.37. The summed E-state index contributed by atoms with van der Waals surface area (Å²) in [5, 5.41) is 0. The minimum absolute atomic E-state index is 0.114. The Hall–Kier alpha value is -1.38.